The quantitative estimate of drug-likeness (QED) is 0.0677. The van der Waals surface area contributed by atoms with Gasteiger partial charge < -0.3 is 61.5 Å². The third-order valence-corrected chi connectivity index (χ3v) is 8.46. The van der Waals surface area contributed by atoms with Gasteiger partial charge in [-0.05, 0) is 81.0 Å². The number of ether oxygens (including phenoxy) is 8. The fraction of sp³-hybridized carbons (Fsp3) is 0.500. The third-order valence-electron chi connectivity index (χ3n) is 8.46. The predicted molar refractivity (Wildman–Crippen MR) is 212 cm³/mol. The fourth-order valence-electron chi connectivity index (χ4n) is 6.03. The molecule has 2 aromatic rings. The number of rotatable bonds is 8. The van der Waals surface area contributed by atoms with Crippen molar-refractivity contribution in [2.45, 2.75) is 124 Å². The molecule has 0 aromatic heterocycles. The second-order valence-corrected chi connectivity index (χ2v) is 15.3. The molecule has 4 fully saturated rings. The molecule has 58 heavy (non-hydrogen) atoms. The van der Waals surface area contributed by atoms with Crippen LogP contribution in [0.3, 0.4) is 0 Å². The van der Waals surface area contributed by atoms with E-state index in [4.69, 9.17) is 44.5 Å². The summed E-state index contributed by atoms with van der Waals surface area (Å²) in [6.45, 7) is 20.2. The standard InChI is InChI=1S/C22H28O6.C18H20O6.C4H7.BrH.Mg/c1-14(2)13-17(19-20(23)27-22(3,4)28-21(19)24)15-8-10-16(11-9-15)26-18-7-5-6-12-25-18;1-18(2)23-16(19)14(17(20)24-18)11-12-6-8-13(9-7-12)22-15-5-3-4-10-21-15;1-4(2)3;;/h8-11,13,17-19H,5-7,12H2,1-4H3;6-9,11,15H,3-5,10H2,1-2H3;1H,2-3H3;1H;/q;;-1;;+2/p-1. The van der Waals surface area contributed by atoms with Crippen LogP contribution in [0.4, 0.5) is 0 Å². The van der Waals surface area contributed by atoms with Crippen molar-refractivity contribution in [2.75, 3.05) is 13.2 Å². The minimum atomic E-state index is -1.24. The molecule has 4 aliphatic heterocycles. The second kappa shape index (κ2) is 23.2. The Hall–Kier alpha value is -3.69. The van der Waals surface area contributed by atoms with E-state index in [0.717, 1.165) is 61.8 Å². The predicted octanol–water partition coefficient (Wildman–Crippen LogP) is 4.91. The first-order valence-corrected chi connectivity index (χ1v) is 19.0. The minimum Gasteiger partial charge on any atom is -1.00 e. The van der Waals surface area contributed by atoms with E-state index in [0.29, 0.717) is 23.7 Å². The summed E-state index contributed by atoms with van der Waals surface area (Å²) in [5, 5.41) is 0. The summed E-state index contributed by atoms with van der Waals surface area (Å²) < 4.78 is 43.5. The van der Waals surface area contributed by atoms with Gasteiger partial charge in [-0.3, -0.25) is 15.2 Å². The molecule has 0 saturated carbocycles. The van der Waals surface area contributed by atoms with Crippen molar-refractivity contribution in [3.8, 4) is 11.5 Å². The molecule has 3 atom stereocenters. The van der Waals surface area contributed by atoms with Crippen LogP contribution in [0.15, 0.2) is 71.3 Å². The Balaban J connectivity index is 0.000000358. The van der Waals surface area contributed by atoms with Gasteiger partial charge in [0.25, 0.3) is 11.6 Å². The molecule has 0 radical (unpaired) electrons. The van der Waals surface area contributed by atoms with E-state index in [-0.39, 0.29) is 58.2 Å². The molecule has 0 amide bonds. The van der Waals surface area contributed by atoms with Crippen molar-refractivity contribution in [3.63, 3.8) is 0 Å². The Morgan fingerprint density at radius 3 is 1.50 bits per heavy atom. The van der Waals surface area contributed by atoms with E-state index >= 15 is 0 Å². The first-order chi connectivity index (χ1) is 26.4. The SMILES string of the molecule is CC(C)=CC(c1ccc(OC2CCCCO2)cc1)C1C(=O)OC(C)(C)OC1=O.CC1(C)OC(=O)C(=Cc2ccc(OC3CCCCO3)cc2)C(=O)O1.[Br-].[CH-]=C(C)C.[Mg+2]. The molecular formula is C44H55BrMgO12. The summed E-state index contributed by atoms with van der Waals surface area (Å²) in [6, 6.07) is 14.5. The van der Waals surface area contributed by atoms with Gasteiger partial charge in [-0.1, -0.05) is 49.8 Å². The van der Waals surface area contributed by atoms with Crippen molar-refractivity contribution in [3.05, 3.63) is 89.0 Å². The van der Waals surface area contributed by atoms with Gasteiger partial charge in [0.2, 0.25) is 0 Å². The zero-order valence-electron chi connectivity index (χ0n) is 34.8. The van der Waals surface area contributed by atoms with Crippen LogP contribution in [-0.2, 0) is 47.6 Å². The van der Waals surface area contributed by atoms with Gasteiger partial charge in [-0.2, -0.15) is 0 Å². The summed E-state index contributed by atoms with van der Waals surface area (Å²) in [4.78, 5) is 48.9. The zero-order chi connectivity index (χ0) is 41.0. The van der Waals surface area contributed by atoms with Gasteiger partial charge in [0, 0.05) is 46.5 Å². The van der Waals surface area contributed by atoms with Crippen molar-refractivity contribution in [1.82, 2.24) is 0 Å². The number of halogens is 1. The Kier molecular flexibility index (Phi) is 20.2. The molecule has 0 aliphatic carbocycles. The van der Waals surface area contributed by atoms with Gasteiger partial charge in [-0.25, -0.2) is 9.59 Å². The van der Waals surface area contributed by atoms with Crippen LogP contribution < -0.4 is 26.5 Å². The Labute approximate surface area is 368 Å². The Morgan fingerprint density at radius 1 is 0.690 bits per heavy atom. The van der Waals surface area contributed by atoms with Crippen LogP contribution in [-0.4, -0.2) is 84.3 Å². The summed E-state index contributed by atoms with van der Waals surface area (Å²) in [7, 11) is 0. The number of hydrogen-bond acceptors (Lipinski definition) is 12. The molecule has 2 aromatic carbocycles. The van der Waals surface area contributed by atoms with E-state index in [2.05, 4.69) is 0 Å². The molecular weight excluding hydrogens is 825 g/mol. The maximum absolute atomic E-state index is 12.6. The molecule has 4 heterocycles. The van der Waals surface area contributed by atoms with Crippen molar-refractivity contribution < 1.29 is 74.1 Å². The molecule has 312 valence electrons. The zero-order valence-corrected chi connectivity index (χ0v) is 37.8. The van der Waals surface area contributed by atoms with Crippen molar-refractivity contribution in [1.29, 1.82) is 0 Å². The van der Waals surface area contributed by atoms with Crippen LogP contribution in [0.2, 0.25) is 0 Å². The Bertz CT molecular complexity index is 1710. The van der Waals surface area contributed by atoms with Crippen molar-refractivity contribution >= 4 is 53.0 Å². The van der Waals surface area contributed by atoms with Gasteiger partial charge in [0.05, 0.1) is 13.2 Å². The maximum Gasteiger partial charge on any atom is 2.00 e. The second-order valence-electron chi connectivity index (χ2n) is 15.3. The van der Waals surface area contributed by atoms with E-state index in [9.17, 15) is 19.2 Å². The third kappa shape index (κ3) is 16.2. The van der Waals surface area contributed by atoms with Crippen LogP contribution >= 0.6 is 0 Å². The number of hydrogen-bond donors (Lipinski definition) is 0. The number of cyclic esters (lactones) is 4. The fourth-order valence-corrected chi connectivity index (χ4v) is 6.03. The maximum atomic E-state index is 12.6. The summed E-state index contributed by atoms with van der Waals surface area (Å²) in [6.07, 6.45) is 8.96. The van der Waals surface area contributed by atoms with E-state index in [1.54, 1.807) is 38.1 Å². The first kappa shape index (κ1) is 50.4. The van der Waals surface area contributed by atoms with E-state index < -0.39 is 47.3 Å². The van der Waals surface area contributed by atoms with Crippen LogP contribution in [0, 0.1) is 12.5 Å². The van der Waals surface area contributed by atoms with Crippen LogP contribution in [0.5, 0.6) is 11.5 Å². The topological polar surface area (TPSA) is 142 Å². The normalized spacial score (nSPS) is 21.3. The average Bonchev–Trinajstić information content (AvgIpc) is 3.10. The molecule has 0 spiro atoms. The number of carbonyl (C=O) groups excluding carboxylic acids is 4. The Morgan fingerprint density at radius 2 is 1.10 bits per heavy atom. The monoisotopic (exact) mass is 878 g/mol. The van der Waals surface area contributed by atoms with Crippen LogP contribution in [0.1, 0.15) is 111 Å². The van der Waals surface area contributed by atoms with Crippen molar-refractivity contribution in [2.24, 2.45) is 5.92 Å². The molecule has 3 unspecified atom stereocenters. The average molecular weight is 880 g/mol. The van der Waals surface area contributed by atoms with Gasteiger partial charge in [0.1, 0.15) is 17.1 Å². The van der Waals surface area contributed by atoms with E-state index in [1.165, 1.54) is 19.9 Å². The van der Waals surface area contributed by atoms with E-state index in [1.807, 2.05) is 58.0 Å². The molecule has 4 aliphatic rings. The minimum absolute atomic E-state index is 0. The molecule has 0 bridgehead atoms. The summed E-state index contributed by atoms with van der Waals surface area (Å²) >= 11 is 0. The van der Waals surface area contributed by atoms with Gasteiger partial charge in [0.15, 0.2) is 18.5 Å². The number of carbonyl (C=O) groups is 4. The van der Waals surface area contributed by atoms with Crippen LogP contribution in [0.25, 0.3) is 6.08 Å². The number of benzene rings is 2. The smallest absolute Gasteiger partial charge is 1.00 e. The molecule has 4 saturated heterocycles. The number of allylic oxidation sites excluding steroid dienone is 3. The molecule has 0 N–H and O–H groups in total. The first-order valence-electron chi connectivity index (χ1n) is 19.0. The summed E-state index contributed by atoms with van der Waals surface area (Å²) in [5.41, 5.74) is 3.28. The van der Waals surface area contributed by atoms with Gasteiger partial charge in [-0.15, -0.1) is 0 Å². The molecule has 12 nitrogen and oxygen atoms in total. The van der Waals surface area contributed by atoms with Gasteiger partial charge >= 0.3 is 46.9 Å². The molecule has 6 rings (SSSR count). The molecule has 14 heteroatoms. The number of esters is 4. The largest absolute Gasteiger partial charge is 2.00 e. The summed E-state index contributed by atoms with van der Waals surface area (Å²) in [5.74, 6) is -5.11.